The third-order valence-corrected chi connectivity index (χ3v) is 15.8. The van der Waals surface area contributed by atoms with Gasteiger partial charge in [0, 0.05) is 26.6 Å². The van der Waals surface area contributed by atoms with Crippen LogP contribution < -0.4 is 26.8 Å². The molecule has 3 heterocycles. The summed E-state index contributed by atoms with van der Waals surface area (Å²) < 4.78 is 2.61. The molecular weight excluding hydrogens is 505 g/mol. The van der Waals surface area contributed by atoms with Gasteiger partial charge >= 0.3 is 0 Å². The van der Waals surface area contributed by atoms with Crippen molar-refractivity contribution in [1.82, 2.24) is 4.57 Å². The summed E-state index contributed by atoms with van der Waals surface area (Å²) in [5.74, 6) is 0. The zero-order chi connectivity index (χ0) is 26.1. The van der Waals surface area contributed by atoms with E-state index in [2.05, 4.69) is 103 Å². The second kappa shape index (κ2) is 9.04. The predicted molar refractivity (Wildman–Crippen MR) is 172 cm³/mol. The number of para-hydroxylation sites is 1. The van der Waals surface area contributed by atoms with Crippen LogP contribution in [0.2, 0.25) is 12.6 Å². The average molecular weight is 540 g/mol. The van der Waals surface area contributed by atoms with Gasteiger partial charge in [-0.25, -0.2) is 0 Å². The molecule has 3 aliphatic rings. The van der Waals surface area contributed by atoms with Crippen molar-refractivity contribution in [3.63, 3.8) is 0 Å². The molecule has 0 saturated heterocycles. The van der Waals surface area contributed by atoms with Crippen molar-refractivity contribution in [3.8, 4) is 5.69 Å². The largest absolute Gasteiger partial charge is 0.313 e. The molecule has 8 rings (SSSR count). The summed E-state index contributed by atoms with van der Waals surface area (Å²) in [6.45, 7) is 5.34. The molecule has 0 radical (unpaired) electrons. The number of aryl methyl sites for hydroxylation is 1. The lowest BCUT2D eigenvalue weighted by Crippen LogP contribution is -2.78. The van der Waals surface area contributed by atoms with Gasteiger partial charge in [0.1, 0.15) is 8.07 Å². The summed E-state index contributed by atoms with van der Waals surface area (Å²) in [6, 6.07) is 34.3. The molecule has 1 aromatic heterocycles. The van der Waals surface area contributed by atoms with Crippen molar-refractivity contribution in [2.45, 2.75) is 67.8 Å². The topological polar surface area (TPSA) is 4.93 Å². The third kappa shape index (κ3) is 3.40. The van der Waals surface area contributed by atoms with Crippen LogP contribution in [0.1, 0.15) is 43.9 Å². The quantitative estimate of drug-likeness (QED) is 0.252. The minimum Gasteiger partial charge on any atom is -0.313 e. The second-order valence-electron chi connectivity index (χ2n) is 11.9. The molecule has 1 nitrogen and oxygen atoms in total. The Balaban J connectivity index is 1.34. The van der Waals surface area contributed by atoms with Gasteiger partial charge in [-0.1, -0.05) is 132 Å². The zero-order valence-corrected chi connectivity index (χ0v) is 24.8. The maximum atomic E-state index is 2.61. The van der Waals surface area contributed by atoms with Crippen molar-refractivity contribution in [2.24, 2.45) is 0 Å². The molecule has 5 aromatic rings. The molecule has 1 aliphatic carbocycles. The van der Waals surface area contributed by atoms with Crippen LogP contribution in [0.3, 0.4) is 0 Å². The number of benzene rings is 4. The van der Waals surface area contributed by atoms with E-state index in [1.165, 1.54) is 76.4 Å². The highest BCUT2D eigenvalue weighted by Gasteiger charge is 2.46. The summed E-state index contributed by atoms with van der Waals surface area (Å²) in [5, 5.41) is 4.76. The van der Waals surface area contributed by atoms with Gasteiger partial charge in [-0.15, -0.1) is 0 Å². The monoisotopic (exact) mass is 539 g/mol. The molecule has 0 amide bonds. The molecule has 39 heavy (non-hydrogen) atoms. The summed E-state index contributed by atoms with van der Waals surface area (Å²) in [4.78, 5) is 2.90. The molecule has 0 bridgehead atoms. The number of aromatic nitrogens is 1. The number of nitrogens with zero attached hydrogens (tertiary/aromatic N) is 1. The van der Waals surface area contributed by atoms with Gasteiger partial charge < -0.3 is 4.57 Å². The van der Waals surface area contributed by atoms with Crippen LogP contribution in [0.15, 0.2) is 94.7 Å². The fraction of sp³-hybridized carbons (Fsp3) is 0.257. The highest BCUT2D eigenvalue weighted by molar-refractivity contribution is 8.00. The van der Waals surface area contributed by atoms with Crippen molar-refractivity contribution in [2.75, 3.05) is 0 Å². The molecule has 0 fully saturated rings. The van der Waals surface area contributed by atoms with E-state index < -0.39 is 8.07 Å². The van der Waals surface area contributed by atoms with Crippen molar-refractivity contribution < 1.29 is 0 Å². The van der Waals surface area contributed by atoms with Gasteiger partial charge in [-0.05, 0) is 55.5 Å². The van der Waals surface area contributed by atoms with Crippen LogP contribution in [0.5, 0.6) is 0 Å². The van der Waals surface area contributed by atoms with Crippen LogP contribution in [0, 0.1) is 0 Å². The lowest BCUT2D eigenvalue weighted by Gasteiger charge is -2.42. The molecule has 4 aromatic carbocycles. The summed E-state index contributed by atoms with van der Waals surface area (Å²) in [6.07, 6.45) is 7.69. The minimum absolute atomic E-state index is 0.340. The summed E-state index contributed by atoms with van der Waals surface area (Å²) in [5.41, 5.74) is 10.5. The van der Waals surface area contributed by atoms with Crippen LogP contribution in [0.4, 0.5) is 0 Å². The van der Waals surface area contributed by atoms with E-state index in [9.17, 15) is 0 Å². The number of hydrogen-bond acceptors (Lipinski definition) is 1. The van der Waals surface area contributed by atoms with Crippen molar-refractivity contribution in [1.29, 1.82) is 0 Å². The Morgan fingerprint density at radius 2 is 1.56 bits per heavy atom. The Hall–Kier alpha value is -2.95. The zero-order valence-electron chi connectivity index (χ0n) is 23.0. The highest BCUT2D eigenvalue weighted by Crippen LogP contribution is 2.36. The Morgan fingerprint density at radius 1 is 0.769 bits per heavy atom. The van der Waals surface area contributed by atoms with Crippen LogP contribution in [-0.2, 0) is 12.8 Å². The van der Waals surface area contributed by atoms with E-state index in [-0.39, 0.29) is 0 Å². The third-order valence-electron chi connectivity index (χ3n) is 9.99. The smallest absolute Gasteiger partial charge is 0.243 e. The lowest BCUT2D eigenvalue weighted by molar-refractivity contribution is 0.608. The van der Waals surface area contributed by atoms with Crippen molar-refractivity contribution in [3.05, 3.63) is 96.2 Å². The first-order valence-corrected chi connectivity index (χ1v) is 18.4. The normalized spacial score (nSPS) is 19.5. The van der Waals surface area contributed by atoms with Gasteiger partial charge in [-0.2, -0.15) is 0 Å². The first-order valence-electron chi connectivity index (χ1n) is 14.8. The van der Waals surface area contributed by atoms with Gasteiger partial charge in [-0.3, -0.25) is 0 Å². The van der Waals surface area contributed by atoms with Gasteiger partial charge in [0.05, 0.1) is 5.52 Å². The van der Waals surface area contributed by atoms with E-state index in [0.717, 1.165) is 0 Å². The number of fused-ring (bicyclic) bond motifs is 7. The fourth-order valence-electron chi connectivity index (χ4n) is 7.92. The summed E-state index contributed by atoms with van der Waals surface area (Å²) in [7, 11) is -1.76. The van der Waals surface area contributed by atoms with Crippen LogP contribution in [0.25, 0.3) is 16.6 Å². The average Bonchev–Trinajstić information content (AvgIpc) is 3.26. The molecule has 4 heteroatoms. The molecule has 2 aliphatic heterocycles. The first-order chi connectivity index (χ1) is 19.2. The summed E-state index contributed by atoms with van der Waals surface area (Å²) >= 11 is 2.01. The first kappa shape index (κ1) is 23.9. The van der Waals surface area contributed by atoms with Gasteiger partial charge in [0.15, 0.2) is 0 Å². The SMILES string of the molecule is CC[Si]1(C)c2ccccc2B2c3ccc(-n4c5c(c6ccccc64)CCCCCC5)cc3Sc3cccc1c32. The lowest BCUT2D eigenvalue weighted by atomic mass is 9.36. The molecule has 1 unspecified atom stereocenters. The van der Waals surface area contributed by atoms with E-state index >= 15 is 0 Å². The minimum atomic E-state index is -1.76. The Morgan fingerprint density at radius 3 is 2.46 bits per heavy atom. The molecule has 1 atom stereocenters. The number of rotatable bonds is 2. The molecule has 0 spiro atoms. The molecule has 192 valence electrons. The Kier molecular flexibility index (Phi) is 5.54. The van der Waals surface area contributed by atoms with Gasteiger partial charge in [0.25, 0.3) is 0 Å². The Labute approximate surface area is 237 Å². The van der Waals surface area contributed by atoms with E-state index in [4.69, 9.17) is 0 Å². The maximum Gasteiger partial charge on any atom is 0.243 e. The highest BCUT2D eigenvalue weighted by atomic mass is 32.2. The van der Waals surface area contributed by atoms with E-state index in [1.54, 1.807) is 32.6 Å². The predicted octanol–water partition coefficient (Wildman–Crippen LogP) is 5.80. The van der Waals surface area contributed by atoms with E-state index in [0.29, 0.717) is 6.71 Å². The molecule has 0 saturated carbocycles. The number of hydrogen-bond donors (Lipinski definition) is 0. The van der Waals surface area contributed by atoms with Crippen LogP contribution >= 0.6 is 11.8 Å². The fourth-order valence-corrected chi connectivity index (χ4v) is 12.9. The van der Waals surface area contributed by atoms with Crippen molar-refractivity contribution >= 4 is 64.2 Å². The van der Waals surface area contributed by atoms with Crippen LogP contribution in [-0.4, -0.2) is 19.4 Å². The molecular formula is C35H34BNSSi. The molecule has 0 N–H and O–H groups in total. The van der Waals surface area contributed by atoms with Gasteiger partial charge in [0.2, 0.25) is 6.71 Å². The van der Waals surface area contributed by atoms with E-state index in [1.807, 2.05) is 11.8 Å². The maximum absolute atomic E-state index is 2.61. The second-order valence-corrected chi connectivity index (χ2v) is 17.5. The Bertz CT molecular complexity index is 1770. The standard InChI is InChI=1S/C35H34BNSSi/c1-3-39(2)33-19-11-9-15-28(33)36-27-22-21-24(23-32(27)38-31-18-12-20-34(39)35(31)36)37-29-16-7-5-4-6-13-25(29)26-14-8-10-17-30(26)37/h8-12,14-15,17-23H,3-7,13,16H2,1-2H3.